The number of aryl methyl sites for hydroxylation is 5. The van der Waals surface area contributed by atoms with Crippen molar-refractivity contribution in [2.75, 3.05) is 0 Å². The topological polar surface area (TPSA) is 117 Å². The Kier molecular flexibility index (Phi) is 31.8. The molecule has 10 aromatic heterocycles. The molecule has 10 heterocycles. The molecule has 0 bridgehead atoms. The summed E-state index contributed by atoms with van der Waals surface area (Å²) in [6.45, 7) is 28.3. The number of pyridine rings is 2. The fourth-order valence-corrected chi connectivity index (χ4v) is 21.1. The Balaban J connectivity index is 0.000000130. The molecule has 0 spiro atoms. The van der Waals surface area contributed by atoms with E-state index in [0.29, 0.717) is 17.8 Å². The van der Waals surface area contributed by atoms with Crippen LogP contribution in [0.5, 0.6) is 0 Å². The van der Waals surface area contributed by atoms with Crippen molar-refractivity contribution in [3.63, 3.8) is 0 Å². The molecule has 14 nitrogen and oxygen atoms in total. The summed E-state index contributed by atoms with van der Waals surface area (Å²) in [6.07, 6.45) is 21.1. The van der Waals surface area contributed by atoms with Gasteiger partial charge in [0.1, 0.15) is 0 Å². The molecule has 0 saturated heterocycles. The Hall–Kier alpha value is -14.8. The van der Waals surface area contributed by atoms with E-state index in [1.165, 1.54) is 132 Å². The molecule has 0 saturated carbocycles. The van der Waals surface area contributed by atoms with Crippen LogP contribution in [0.4, 0.5) is 0 Å². The Bertz CT molecular complexity index is 8910. The van der Waals surface area contributed by atoms with E-state index in [1.807, 2.05) is 78.3 Å². The van der Waals surface area contributed by atoms with E-state index in [1.54, 1.807) is 12.4 Å². The van der Waals surface area contributed by atoms with Crippen LogP contribution < -0.4 is 0 Å². The first-order chi connectivity index (χ1) is 70.9. The van der Waals surface area contributed by atoms with Gasteiger partial charge in [0.05, 0.1) is 46.6 Å². The second-order valence-electron chi connectivity index (χ2n) is 39.1. The van der Waals surface area contributed by atoms with E-state index in [0.717, 1.165) is 134 Å². The largest absolute Gasteiger partial charge is 0.364 e. The zero-order chi connectivity index (χ0) is 99.0. The van der Waals surface area contributed by atoms with Crippen molar-refractivity contribution >= 4 is 87.2 Å². The van der Waals surface area contributed by atoms with Gasteiger partial charge in [-0.3, -0.25) is 29.9 Å². The SMILES string of the molecule is CC(C)Cc1cccc(CC(C)C)c1-n1ccnc1-c1[c-]cc(-n2c3ccccc3c3cc(-c4cccnc4)ccc32)cc1.CCn1c(-c2ccccc2)cnc1-c1[c-]c(C)c(-n2c3ccccc3c3ccc(C)cc32)cc1.Cc1ccc2c(c1)c1cc(C)ccc1n2-c1ccc(-c2ncc(-c3ccccc3)n2CC(C)C)[c-]c1C.[Ir].[Ir].[Ir].[Ir].[c-]1cc(-n2c3ccccc3c3ccccc32)ccc1-c1nccn1-c1cccnc1. The van der Waals surface area contributed by atoms with E-state index in [2.05, 4.69) is 464 Å². The molecule has 25 rings (SSSR count). The maximum Gasteiger partial charge on any atom is 0.0603 e. The van der Waals surface area contributed by atoms with Gasteiger partial charge in [0.15, 0.2) is 0 Å². The van der Waals surface area contributed by atoms with Crippen LogP contribution in [0.2, 0.25) is 0 Å². The zero-order valence-electron chi connectivity index (χ0n) is 85.2. The number of imidazole rings is 4. The number of rotatable bonds is 20. The van der Waals surface area contributed by atoms with Crippen molar-refractivity contribution < 1.29 is 80.4 Å². The van der Waals surface area contributed by atoms with Gasteiger partial charge in [-0.15, -0.1) is 118 Å². The summed E-state index contributed by atoms with van der Waals surface area (Å²) >= 11 is 0. The Morgan fingerprint density at radius 2 is 0.691 bits per heavy atom. The summed E-state index contributed by atoms with van der Waals surface area (Å²) in [6, 6.07) is 133. The molecule has 0 atom stereocenters. The molecule has 18 heteroatoms. The van der Waals surface area contributed by atoms with Gasteiger partial charge in [-0.25, -0.2) is 0 Å². The van der Waals surface area contributed by atoms with Crippen molar-refractivity contribution in [3.05, 3.63) is 459 Å². The Morgan fingerprint density at radius 1 is 0.282 bits per heavy atom. The van der Waals surface area contributed by atoms with Gasteiger partial charge < -0.3 is 36.5 Å². The van der Waals surface area contributed by atoms with Crippen LogP contribution in [0.1, 0.15) is 87.4 Å². The molecular weight excluding hydrogens is 2540 g/mol. The third kappa shape index (κ3) is 20.7. The maximum absolute atomic E-state index is 4.89. The first-order valence-corrected chi connectivity index (χ1v) is 50.3. The molecule has 0 unspecified atom stereocenters. The number of para-hydroxylation sites is 5. The minimum absolute atomic E-state index is 0. The first kappa shape index (κ1) is 104. The zero-order valence-corrected chi connectivity index (χ0v) is 94.8. The molecule has 149 heavy (non-hydrogen) atoms. The predicted molar refractivity (Wildman–Crippen MR) is 599 cm³/mol. The average molecular weight is 2650 g/mol. The number of aromatic nitrogens is 14. The van der Waals surface area contributed by atoms with Crippen LogP contribution in [0.15, 0.2) is 396 Å². The van der Waals surface area contributed by atoms with Crippen molar-refractivity contribution in [1.82, 2.24) is 66.4 Å². The van der Waals surface area contributed by atoms with Crippen molar-refractivity contribution in [1.29, 1.82) is 0 Å². The number of hydrogen-bond acceptors (Lipinski definition) is 6. The second kappa shape index (κ2) is 45.5. The minimum Gasteiger partial charge on any atom is -0.364 e. The molecule has 4 radical (unpaired) electrons. The van der Waals surface area contributed by atoms with Crippen LogP contribution in [-0.2, 0) is 106 Å². The molecule has 0 fully saturated rings. The summed E-state index contributed by atoms with van der Waals surface area (Å²) in [4.78, 5) is 27.7. The smallest absolute Gasteiger partial charge is 0.0603 e. The van der Waals surface area contributed by atoms with Crippen LogP contribution in [0.25, 0.3) is 201 Å². The van der Waals surface area contributed by atoms with Crippen molar-refractivity contribution in [3.8, 4) is 113 Å². The molecular formula is C131H112Ir4N14-4. The van der Waals surface area contributed by atoms with Crippen molar-refractivity contribution in [2.45, 2.75) is 109 Å². The van der Waals surface area contributed by atoms with Gasteiger partial charge in [-0.2, -0.15) is 0 Å². The van der Waals surface area contributed by atoms with Crippen molar-refractivity contribution in [2.24, 2.45) is 17.8 Å². The average Bonchev–Trinajstić information content (AvgIpc) is 1.58. The van der Waals surface area contributed by atoms with E-state index in [-0.39, 0.29) is 80.4 Å². The number of fused-ring (bicyclic) bond motifs is 12. The predicted octanol–water partition coefficient (Wildman–Crippen LogP) is 32.2. The molecule has 0 aliphatic rings. The molecule has 0 aliphatic carbocycles. The van der Waals surface area contributed by atoms with E-state index in [9.17, 15) is 0 Å². The number of hydrogen-bond donors (Lipinski definition) is 0. The van der Waals surface area contributed by atoms with Gasteiger partial charge in [0.2, 0.25) is 0 Å². The summed E-state index contributed by atoms with van der Waals surface area (Å²) in [5.41, 5.74) is 36.0. The van der Waals surface area contributed by atoms with Gasteiger partial charge >= 0.3 is 0 Å². The molecule has 0 N–H and O–H groups in total. The van der Waals surface area contributed by atoms with Crippen LogP contribution in [0.3, 0.4) is 0 Å². The van der Waals surface area contributed by atoms with Gasteiger partial charge in [-0.05, 0) is 199 Å². The molecule has 0 amide bonds. The second-order valence-corrected chi connectivity index (χ2v) is 39.1. The van der Waals surface area contributed by atoms with Crippen LogP contribution >= 0.6 is 0 Å². The van der Waals surface area contributed by atoms with E-state index < -0.39 is 0 Å². The van der Waals surface area contributed by atoms with Gasteiger partial charge in [0, 0.05) is 248 Å². The maximum atomic E-state index is 4.89. The first-order valence-electron chi connectivity index (χ1n) is 50.3. The van der Waals surface area contributed by atoms with Crippen LogP contribution in [0, 0.1) is 76.6 Å². The summed E-state index contributed by atoms with van der Waals surface area (Å²) in [5.74, 6) is 5.31. The molecule has 15 aromatic carbocycles. The summed E-state index contributed by atoms with van der Waals surface area (Å²) in [5, 5.41) is 10.1. The standard InChI is InChI=1S/C40H37N4.C34H32N3.C31H26N3.C26H17N4.4Ir/c1-27(2)23-31-9-7-10-32(24-28(3)4)39(31)43-22-21-42-40(43)29-14-17-34(18-15-29)44-37-13-6-5-12-35(37)36-25-30(16-19-38(36)44)33-11-8-20-41-26-33;1-22(2)21-36-33(26-9-7-6-8-10-26)20-35-34(36)27-13-16-30(25(5)19-27)37-31-14-11-23(3)17-28(31)29-18-24(4)12-15-32(29)37;1-4-33-30(23-10-6-5-7-11-23)20-32-31(33)24-15-17-27(22(3)19-24)34-28-13-9-8-12-25(28)26-16-14-21(2)18-29(26)34;1-3-9-24-22(7-1)23-8-2-4-10-25(23)30(24)20-13-11-19(12-14-20)26-28-16-17-29(26)21-6-5-15-27-18-21;;;;/h5-14,16-22,25-28H,23-24H2,1-4H3;6-18,20,22H,21H2,1-5H3;5-18,20H,4H2,1-3H3;1-11,13-18H;;;;/q4*-1;;;;. The molecule has 746 valence electrons. The monoisotopic (exact) mass is 2650 g/mol. The molecule has 25 aromatic rings. The normalized spacial score (nSPS) is 11.3. The Labute approximate surface area is 924 Å². The third-order valence-corrected chi connectivity index (χ3v) is 27.6. The fraction of sp³-hybridized carbons (Fsp3) is 0.145. The summed E-state index contributed by atoms with van der Waals surface area (Å²) in [7, 11) is 0. The molecule has 0 aliphatic heterocycles. The number of nitrogens with zero attached hydrogens (tertiary/aromatic N) is 14. The minimum atomic E-state index is 0. The number of benzene rings is 15. The summed E-state index contributed by atoms with van der Waals surface area (Å²) < 4.78 is 18.3. The third-order valence-electron chi connectivity index (χ3n) is 27.6. The van der Waals surface area contributed by atoms with Gasteiger partial charge in [0.25, 0.3) is 0 Å². The fourth-order valence-electron chi connectivity index (χ4n) is 21.1. The van der Waals surface area contributed by atoms with E-state index in [4.69, 9.17) is 15.0 Å². The quantitative estimate of drug-likeness (QED) is 0.0702. The van der Waals surface area contributed by atoms with E-state index >= 15 is 0 Å². The van der Waals surface area contributed by atoms with Crippen LogP contribution in [-0.4, -0.2) is 66.4 Å². The van der Waals surface area contributed by atoms with Gasteiger partial charge in [-0.1, -0.05) is 255 Å². The Morgan fingerprint density at radius 3 is 1.17 bits per heavy atom.